The van der Waals surface area contributed by atoms with Crippen LogP contribution >= 0.6 is 7.82 Å². The summed E-state index contributed by atoms with van der Waals surface area (Å²) in [4.78, 5) is 48.5. The third-order valence-electron chi connectivity index (χ3n) is 12.7. The predicted molar refractivity (Wildman–Crippen MR) is 298 cm³/mol. The molecule has 0 aliphatic rings. The summed E-state index contributed by atoms with van der Waals surface area (Å²) in [7, 11) is -4.75. The van der Waals surface area contributed by atoms with E-state index in [0.29, 0.717) is 19.3 Å². The molecule has 12 heteroatoms. The van der Waals surface area contributed by atoms with Crippen LogP contribution in [0, 0.1) is 0 Å². The van der Waals surface area contributed by atoms with Gasteiger partial charge in [-0.3, -0.25) is 23.4 Å². The van der Waals surface area contributed by atoms with Crippen LogP contribution in [0.5, 0.6) is 0 Å². The number of carbonyl (C=O) groups is 3. The first kappa shape index (κ1) is 69.4. The molecule has 0 spiro atoms. The molecular weight excluding hydrogens is 928 g/mol. The van der Waals surface area contributed by atoms with E-state index >= 15 is 0 Å². The molecule has 420 valence electrons. The lowest BCUT2D eigenvalue weighted by Crippen LogP contribution is -2.30. The van der Waals surface area contributed by atoms with Crippen molar-refractivity contribution in [3.63, 3.8) is 0 Å². The Hall–Kier alpha value is -2.56. The third kappa shape index (κ3) is 52.3. The van der Waals surface area contributed by atoms with E-state index in [-0.39, 0.29) is 25.9 Å². The number of phosphoric acid groups is 1. The van der Waals surface area contributed by atoms with Gasteiger partial charge in [0, 0.05) is 19.3 Å². The normalized spacial score (nSPS) is 13.7. The van der Waals surface area contributed by atoms with Crippen molar-refractivity contribution in [1.82, 2.24) is 0 Å². The average molecular weight is 1040 g/mol. The number of esters is 3. The Labute approximate surface area is 441 Å². The zero-order valence-corrected chi connectivity index (χ0v) is 47.3. The molecule has 3 atom stereocenters. The SMILES string of the molecule is CC/C=C\C/C=C\C/C=C\CCCCCCCCCC(=O)OCC(COP(=O)(O)OCC(CO)OC(=O)CCCCCCCCCCCCC)OC(=O)CCCCCCCCC/C=C\CCCCCCCC. The van der Waals surface area contributed by atoms with Crippen LogP contribution in [0.15, 0.2) is 48.6 Å². The van der Waals surface area contributed by atoms with E-state index in [9.17, 15) is 28.9 Å². The molecule has 2 N–H and O–H groups in total. The maximum Gasteiger partial charge on any atom is 0.472 e. The monoisotopic (exact) mass is 1040 g/mol. The molecule has 11 nitrogen and oxygen atoms in total. The molecule has 0 heterocycles. The lowest BCUT2D eigenvalue weighted by Gasteiger charge is -2.21. The Morgan fingerprint density at radius 1 is 0.403 bits per heavy atom. The molecule has 0 fully saturated rings. The van der Waals surface area contributed by atoms with Crippen molar-refractivity contribution < 1.29 is 52.2 Å². The fourth-order valence-electron chi connectivity index (χ4n) is 8.25. The van der Waals surface area contributed by atoms with Crippen LogP contribution < -0.4 is 0 Å². The van der Waals surface area contributed by atoms with E-state index in [2.05, 4.69) is 69.4 Å². The number of hydrogen-bond acceptors (Lipinski definition) is 10. The summed E-state index contributed by atoms with van der Waals surface area (Å²) >= 11 is 0. The first-order chi connectivity index (χ1) is 35.2. The Morgan fingerprint density at radius 3 is 1.12 bits per heavy atom. The molecule has 0 bridgehead atoms. The number of allylic oxidation sites excluding steroid dienone is 8. The smallest absolute Gasteiger partial charge is 0.462 e. The van der Waals surface area contributed by atoms with E-state index in [0.717, 1.165) is 96.3 Å². The highest BCUT2D eigenvalue weighted by Gasteiger charge is 2.28. The van der Waals surface area contributed by atoms with Crippen molar-refractivity contribution in [2.75, 3.05) is 26.4 Å². The highest BCUT2D eigenvalue weighted by Crippen LogP contribution is 2.43. The van der Waals surface area contributed by atoms with Crippen LogP contribution in [0.4, 0.5) is 0 Å². The van der Waals surface area contributed by atoms with Gasteiger partial charge in [-0.25, -0.2) is 4.57 Å². The zero-order chi connectivity index (χ0) is 52.7. The Kier molecular flexibility index (Phi) is 52.7. The van der Waals surface area contributed by atoms with E-state index in [1.165, 1.54) is 122 Å². The molecule has 3 unspecified atom stereocenters. The van der Waals surface area contributed by atoms with Gasteiger partial charge in [0.1, 0.15) is 12.7 Å². The maximum absolute atomic E-state index is 12.9. The first-order valence-electron chi connectivity index (χ1n) is 29.5. The number of phosphoric ester groups is 1. The first-order valence-corrected chi connectivity index (χ1v) is 31.0. The molecule has 0 saturated heterocycles. The zero-order valence-electron chi connectivity index (χ0n) is 46.4. The largest absolute Gasteiger partial charge is 0.472 e. The lowest BCUT2D eigenvalue weighted by atomic mass is 10.1. The van der Waals surface area contributed by atoms with Crippen molar-refractivity contribution in [2.45, 2.75) is 290 Å². The summed E-state index contributed by atoms with van der Waals surface area (Å²) in [5.74, 6) is -1.47. The second-order valence-corrected chi connectivity index (χ2v) is 21.2. The van der Waals surface area contributed by atoms with Crippen molar-refractivity contribution >= 4 is 25.7 Å². The minimum absolute atomic E-state index is 0.162. The van der Waals surface area contributed by atoms with Crippen molar-refractivity contribution in [2.24, 2.45) is 0 Å². The Morgan fingerprint density at radius 2 is 0.722 bits per heavy atom. The summed E-state index contributed by atoms with van der Waals surface area (Å²) in [6, 6.07) is 0. The van der Waals surface area contributed by atoms with Gasteiger partial charge < -0.3 is 24.2 Å². The number of rotatable bonds is 55. The van der Waals surface area contributed by atoms with Gasteiger partial charge in [0.2, 0.25) is 0 Å². The molecule has 0 aromatic carbocycles. The third-order valence-corrected chi connectivity index (χ3v) is 13.7. The highest BCUT2D eigenvalue weighted by atomic mass is 31.2. The van der Waals surface area contributed by atoms with Crippen molar-refractivity contribution in [3.8, 4) is 0 Å². The van der Waals surface area contributed by atoms with Crippen LogP contribution in [0.25, 0.3) is 0 Å². The van der Waals surface area contributed by atoms with Crippen LogP contribution in [0.2, 0.25) is 0 Å². The minimum atomic E-state index is -4.75. The van der Waals surface area contributed by atoms with Gasteiger partial charge in [0.25, 0.3) is 0 Å². The molecule has 0 aromatic rings. The molecular formula is C60H109O11P. The minimum Gasteiger partial charge on any atom is -0.462 e. The summed E-state index contributed by atoms with van der Waals surface area (Å²) in [6.07, 6.45) is 57.8. The average Bonchev–Trinajstić information content (AvgIpc) is 3.37. The van der Waals surface area contributed by atoms with Crippen LogP contribution in [0.1, 0.15) is 278 Å². The van der Waals surface area contributed by atoms with Gasteiger partial charge in [-0.15, -0.1) is 0 Å². The van der Waals surface area contributed by atoms with Crippen LogP contribution in [0.3, 0.4) is 0 Å². The molecule has 0 radical (unpaired) electrons. The van der Waals surface area contributed by atoms with Gasteiger partial charge in [-0.2, -0.15) is 0 Å². The van der Waals surface area contributed by atoms with Gasteiger partial charge in [0.15, 0.2) is 6.10 Å². The summed E-state index contributed by atoms with van der Waals surface area (Å²) in [5.41, 5.74) is 0. The van der Waals surface area contributed by atoms with Gasteiger partial charge in [-0.05, 0) is 77.0 Å². The molecule has 0 aliphatic carbocycles. The molecule has 0 aromatic heterocycles. The quantitative estimate of drug-likeness (QED) is 0.0197. The Bertz CT molecular complexity index is 1400. The molecule has 72 heavy (non-hydrogen) atoms. The number of hydrogen-bond donors (Lipinski definition) is 2. The van der Waals surface area contributed by atoms with Crippen molar-refractivity contribution in [1.29, 1.82) is 0 Å². The molecule has 0 amide bonds. The van der Waals surface area contributed by atoms with E-state index < -0.39 is 57.8 Å². The highest BCUT2D eigenvalue weighted by molar-refractivity contribution is 7.47. The molecule has 0 aliphatic heterocycles. The van der Waals surface area contributed by atoms with Crippen molar-refractivity contribution in [3.05, 3.63) is 48.6 Å². The number of unbranched alkanes of at least 4 members (excludes halogenated alkanes) is 30. The Balaban J connectivity index is 4.72. The second kappa shape index (κ2) is 54.7. The molecule has 0 rings (SSSR count). The lowest BCUT2D eigenvalue weighted by molar-refractivity contribution is -0.161. The van der Waals surface area contributed by atoms with E-state index in [1.807, 2.05) is 0 Å². The van der Waals surface area contributed by atoms with Crippen LogP contribution in [-0.2, 0) is 42.2 Å². The summed E-state index contributed by atoms with van der Waals surface area (Å²) < 4.78 is 39.5. The number of aliphatic hydroxyl groups excluding tert-OH is 1. The van der Waals surface area contributed by atoms with Gasteiger partial charge in [-0.1, -0.05) is 230 Å². The topological polar surface area (TPSA) is 155 Å². The fourth-order valence-corrected chi connectivity index (χ4v) is 9.03. The number of carbonyl (C=O) groups excluding carboxylic acids is 3. The number of aliphatic hydroxyl groups is 1. The fraction of sp³-hybridized carbons (Fsp3) is 0.817. The number of ether oxygens (including phenoxy) is 3. The van der Waals surface area contributed by atoms with Crippen LogP contribution in [-0.4, -0.2) is 66.5 Å². The van der Waals surface area contributed by atoms with Gasteiger partial charge >= 0.3 is 25.7 Å². The second-order valence-electron chi connectivity index (χ2n) is 19.8. The standard InChI is InChI=1S/C60H109O11P/c1-4-7-10-13-16-19-22-24-26-28-30-32-35-37-40-43-46-49-58(62)67-53-57(71-60(64)51-48-45-42-39-36-33-31-29-27-25-23-20-17-14-11-8-5-2)55-69-72(65,66)68-54-56(52-61)70-59(63)50-47-44-41-38-34-21-18-15-12-9-6-3/h7,10,16,19,24-27,56-57,61H,4-6,8-9,11-15,17-18,20-23,28-55H2,1-3H3,(H,65,66)/b10-7-,19-16-,26-24-,27-25-. The summed E-state index contributed by atoms with van der Waals surface area (Å²) in [6.45, 7) is 4.54. The van der Waals surface area contributed by atoms with E-state index in [1.54, 1.807) is 0 Å². The molecule has 0 saturated carbocycles. The summed E-state index contributed by atoms with van der Waals surface area (Å²) in [5, 5.41) is 9.80. The maximum atomic E-state index is 12.9. The van der Waals surface area contributed by atoms with E-state index in [4.69, 9.17) is 23.3 Å². The van der Waals surface area contributed by atoms with Gasteiger partial charge in [0.05, 0.1) is 19.8 Å². The predicted octanol–water partition coefficient (Wildman–Crippen LogP) is 17.4.